The molecule has 0 saturated carbocycles. The fraction of sp³-hybridized carbons (Fsp3) is 0.333. The second kappa shape index (κ2) is 12.7. The van der Waals surface area contributed by atoms with Crippen molar-refractivity contribution in [3.63, 3.8) is 0 Å². The van der Waals surface area contributed by atoms with Gasteiger partial charge in [-0.3, -0.25) is 9.79 Å². The van der Waals surface area contributed by atoms with Crippen LogP contribution in [0.1, 0.15) is 13.3 Å². The number of carbonyl (C=O) groups excluding carboxylic acids is 1. The van der Waals surface area contributed by atoms with Crippen LogP contribution in [0, 0.1) is 5.82 Å². The van der Waals surface area contributed by atoms with Crippen LogP contribution in [0.25, 0.3) is 0 Å². The number of rotatable bonds is 10. The lowest BCUT2D eigenvalue weighted by Crippen LogP contribution is -2.39. The Labute approximate surface area is 175 Å². The molecule has 0 aliphatic carbocycles. The Hall–Kier alpha value is -2.74. The molecule has 0 radical (unpaired) electrons. The molecule has 0 aromatic heterocycles. The first-order chi connectivity index (χ1) is 14.1. The van der Waals surface area contributed by atoms with Crippen LogP contribution in [0.3, 0.4) is 0 Å². The second-order valence-electron chi connectivity index (χ2n) is 6.14. The summed E-state index contributed by atoms with van der Waals surface area (Å²) < 4.78 is 18.6. The van der Waals surface area contributed by atoms with E-state index in [2.05, 4.69) is 20.9 Å². The maximum atomic E-state index is 12.9. The van der Waals surface area contributed by atoms with Gasteiger partial charge in [-0.15, -0.1) is 11.8 Å². The Balaban J connectivity index is 1.59. The first-order valence-electron chi connectivity index (χ1n) is 9.40. The maximum absolute atomic E-state index is 12.9. The number of thioether (sulfide) groups is 1. The van der Waals surface area contributed by atoms with Gasteiger partial charge in [-0.1, -0.05) is 6.07 Å². The van der Waals surface area contributed by atoms with Gasteiger partial charge in [0, 0.05) is 37.2 Å². The average molecular weight is 419 g/mol. The molecule has 0 aliphatic heterocycles. The van der Waals surface area contributed by atoms with Gasteiger partial charge in [-0.05, 0) is 48.6 Å². The highest BCUT2D eigenvalue weighted by Gasteiger charge is 2.01. The number of carbonyl (C=O) groups is 1. The van der Waals surface area contributed by atoms with Crippen molar-refractivity contribution in [2.45, 2.75) is 18.2 Å². The molecule has 156 valence electrons. The number of benzene rings is 2. The van der Waals surface area contributed by atoms with Crippen LogP contribution < -0.4 is 20.7 Å². The van der Waals surface area contributed by atoms with E-state index < -0.39 is 0 Å². The Morgan fingerprint density at radius 1 is 1.14 bits per heavy atom. The summed E-state index contributed by atoms with van der Waals surface area (Å²) in [6.45, 7) is 3.31. The average Bonchev–Trinajstić information content (AvgIpc) is 2.70. The summed E-state index contributed by atoms with van der Waals surface area (Å²) in [4.78, 5) is 16.4. The summed E-state index contributed by atoms with van der Waals surface area (Å²) in [6.07, 6.45) is 0.954. The zero-order chi connectivity index (χ0) is 20.9. The fourth-order valence-electron chi connectivity index (χ4n) is 2.43. The van der Waals surface area contributed by atoms with Crippen LogP contribution in [0.2, 0.25) is 0 Å². The van der Waals surface area contributed by atoms with E-state index >= 15 is 0 Å². The number of aliphatic imine (C=N–C) groups is 1. The SMILES string of the molecule is CN=C(NCCCSc1ccc(F)cc1)NCCOc1cccc(NC(C)=O)c1. The van der Waals surface area contributed by atoms with Crippen molar-refractivity contribution in [1.82, 2.24) is 10.6 Å². The van der Waals surface area contributed by atoms with Crippen molar-refractivity contribution in [2.24, 2.45) is 4.99 Å². The number of guanidine groups is 1. The molecule has 1 amide bonds. The van der Waals surface area contributed by atoms with Gasteiger partial charge in [-0.2, -0.15) is 0 Å². The zero-order valence-electron chi connectivity index (χ0n) is 16.7. The highest BCUT2D eigenvalue weighted by molar-refractivity contribution is 7.99. The summed E-state index contributed by atoms with van der Waals surface area (Å²) in [5.41, 5.74) is 0.707. The third kappa shape index (κ3) is 9.34. The molecule has 2 aromatic carbocycles. The van der Waals surface area contributed by atoms with E-state index in [1.165, 1.54) is 19.1 Å². The van der Waals surface area contributed by atoms with Gasteiger partial charge in [0.05, 0.1) is 6.54 Å². The van der Waals surface area contributed by atoms with Gasteiger partial charge < -0.3 is 20.7 Å². The van der Waals surface area contributed by atoms with E-state index in [0.29, 0.717) is 30.5 Å². The first kappa shape index (κ1) is 22.5. The fourth-order valence-corrected chi connectivity index (χ4v) is 3.28. The largest absolute Gasteiger partial charge is 0.492 e. The molecule has 0 aliphatic rings. The van der Waals surface area contributed by atoms with Crippen LogP contribution in [0.4, 0.5) is 10.1 Å². The Bertz CT molecular complexity index is 800. The lowest BCUT2D eigenvalue weighted by atomic mass is 10.3. The van der Waals surface area contributed by atoms with Crippen LogP contribution in [0.5, 0.6) is 5.75 Å². The summed E-state index contributed by atoms with van der Waals surface area (Å²) >= 11 is 1.70. The number of nitrogens with one attached hydrogen (secondary N) is 3. The van der Waals surface area contributed by atoms with Crippen molar-refractivity contribution in [3.8, 4) is 5.75 Å². The minimum Gasteiger partial charge on any atom is -0.492 e. The minimum absolute atomic E-state index is 0.116. The minimum atomic E-state index is -0.213. The lowest BCUT2D eigenvalue weighted by Gasteiger charge is -2.13. The summed E-state index contributed by atoms with van der Waals surface area (Å²) in [7, 11) is 1.72. The van der Waals surface area contributed by atoms with E-state index in [0.717, 1.165) is 23.6 Å². The quantitative estimate of drug-likeness (QED) is 0.238. The summed E-state index contributed by atoms with van der Waals surface area (Å²) in [6, 6.07) is 13.8. The number of ether oxygens (including phenoxy) is 1. The van der Waals surface area contributed by atoms with Gasteiger partial charge in [0.25, 0.3) is 0 Å². The van der Waals surface area contributed by atoms with Gasteiger partial charge in [-0.25, -0.2) is 4.39 Å². The van der Waals surface area contributed by atoms with Gasteiger partial charge in [0.15, 0.2) is 5.96 Å². The number of halogens is 1. The predicted molar refractivity (Wildman–Crippen MR) is 117 cm³/mol. The monoisotopic (exact) mass is 418 g/mol. The highest BCUT2D eigenvalue weighted by Crippen LogP contribution is 2.18. The third-order valence-electron chi connectivity index (χ3n) is 3.74. The zero-order valence-corrected chi connectivity index (χ0v) is 17.5. The van der Waals surface area contributed by atoms with Crippen molar-refractivity contribution in [1.29, 1.82) is 0 Å². The van der Waals surface area contributed by atoms with Crippen LogP contribution in [-0.2, 0) is 4.79 Å². The maximum Gasteiger partial charge on any atom is 0.221 e. The topological polar surface area (TPSA) is 74.8 Å². The van der Waals surface area contributed by atoms with Gasteiger partial charge in [0.1, 0.15) is 18.2 Å². The molecule has 29 heavy (non-hydrogen) atoms. The molecule has 0 saturated heterocycles. The predicted octanol–water partition coefficient (Wildman–Crippen LogP) is 3.51. The van der Waals surface area contributed by atoms with Crippen LogP contribution >= 0.6 is 11.8 Å². The normalized spacial score (nSPS) is 11.1. The van der Waals surface area contributed by atoms with Crippen molar-refractivity contribution in [3.05, 3.63) is 54.3 Å². The number of anilines is 1. The number of nitrogens with zero attached hydrogens (tertiary/aromatic N) is 1. The van der Waals surface area contributed by atoms with Gasteiger partial charge >= 0.3 is 0 Å². The molecule has 0 atom stereocenters. The molecule has 0 spiro atoms. The number of hydrogen-bond donors (Lipinski definition) is 3. The molecule has 0 bridgehead atoms. The Morgan fingerprint density at radius 3 is 2.62 bits per heavy atom. The Morgan fingerprint density at radius 2 is 1.90 bits per heavy atom. The van der Waals surface area contributed by atoms with E-state index in [4.69, 9.17) is 4.74 Å². The highest BCUT2D eigenvalue weighted by atomic mass is 32.2. The van der Waals surface area contributed by atoms with E-state index in [-0.39, 0.29) is 11.7 Å². The molecule has 2 rings (SSSR count). The molecule has 8 heteroatoms. The molecule has 6 nitrogen and oxygen atoms in total. The summed E-state index contributed by atoms with van der Waals surface area (Å²) in [5.74, 6) is 2.01. The van der Waals surface area contributed by atoms with E-state index in [1.807, 2.05) is 18.2 Å². The van der Waals surface area contributed by atoms with Crippen LogP contribution in [0.15, 0.2) is 58.4 Å². The smallest absolute Gasteiger partial charge is 0.221 e. The van der Waals surface area contributed by atoms with E-state index in [1.54, 1.807) is 37.0 Å². The molecule has 0 heterocycles. The molecular weight excluding hydrogens is 391 g/mol. The Kier molecular flexibility index (Phi) is 9.85. The first-order valence-corrected chi connectivity index (χ1v) is 10.4. The molecule has 2 aromatic rings. The van der Waals surface area contributed by atoms with Gasteiger partial charge in [0.2, 0.25) is 5.91 Å². The number of amides is 1. The van der Waals surface area contributed by atoms with E-state index in [9.17, 15) is 9.18 Å². The van der Waals surface area contributed by atoms with Crippen molar-refractivity contribution < 1.29 is 13.9 Å². The van der Waals surface area contributed by atoms with Crippen LogP contribution in [-0.4, -0.2) is 44.4 Å². The summed E-state index contributed by atoms with van der Waals surface area (Å²) in [5, 5.41) is 9.18. The number of hydrogen-bond acceptors (Lipinski definition) is 4. The third-order valence-corrected chi connectivity index (χ3v) is 4.84. The molecule has 0 unspecified atom stereocenters. The van der Waals surface area contributed by atoms with Crippen molar-refractivity contribution >= 4 is 29.3 Å². The molecular formula is C21H27FN4O2S. The molecule has 3 N–H and O–H groups in total. The molecule has 0 fully saturated rings. The van der Waals surface area contributed by atoms with Crippen molar-refractivity contribution in [2.75, 3.05) is 37.8 Å². The second-order valence-corrected chi connectivity index (χ2v) is 7.31. The lowest BCUT2D eigenvalue weighted by molar-refractivity contribution is -0.114. The standard InChI is InChI=1S/C21H27FN4O2S/c1-16(27)26-18-5-3-6-19(15-18)28-13-12-25-21(23-2)24-11-4-14-29-20-9-7-17(22)8-10-20/h3,5-10,15H,4,11-14H2,1-2H3,(H,26,27)(H2,23,24,25).